The van der Waals surface area contributed by atoms with Gasteiger partial charge in [-0.25, -0.2) is 4.39 Å². The average molecular weight is 418 g/mol. The van der Waals surface area contributed by atoms with Gasteiger partial charge in [0.1, 0.15) is 20.6 Å². The minimum atomic E-state index is -4.10. The van der Waals surface area contributed by atoms with Crippen molar-refractivity contribution in [1.82, 2.24) is 15.3 Å². The van der Waals surface area contributed by atoms with E-state index >= 15 is 0 Å². The number of pyridine rings is 1. The summed E-state index contributed by atoms with van der Waals surface area (Å²) < 4.78 is 52.4. The van der Waals surface area contributed by atoms with Gasteiger partial charge in [-0.15, -0.1) is 0 Å². The summed E-state index contributed by atoms with van der Waals surface area (Å²) in [7, 11) is 0. The van der Waals surface area contributed by atoms with Crippen molar-refractivity contribution in [3.63, 3.8) is 0 Å². The van der Waals surface area contributed by atoms with Gasteiger partial charge in [-0.05, 0) is 48.0 Å². The highest BCUT2D eigenvalue weighted by Crippen LogP contribution is 2.28. The average Bonchev–Trinajstić information content (AvgIpc) is 3.08. The van der Waals surface area contributed by atoms with Crippen LogP contribution < -0.4 is 14.3 Å². The number of amidine groups is 1. The normalized spacial score (nSPS) is 18.7. The highest BCUT2D eigenvalue weighted by Gasteiger charge is 2.30. The van der Waals surface area contributed by atoms with E-state index in [1.165, 1.54) is 18.3 Å². The van der Waals surface area contributed by atoms with Crippen LogP contribution in [0.3, 0.4) is 0 Å². The smallest absolute Gasteiger partial charge is 0.260 e. The molecule has 0 radical (unpaired) electrons. The second kappa shape index (κ2) is 8.36. The van der Waals surface area contributed by atoms with Gasteiger partial charge in [0.2, 0.25) is 0 Å². The number of halogens is 1. The van der Waals surface area contributed by atoms with Gasteiger partial charge in [-0.2, -0.15) is 5.10 Å². The molecule has 0 aliphatic carbocycles. The van der Waals surface area contributed by atoms with Crippen molar-refractivity contribution in [3.8, 4) is 11.5 Å². The molecule has 0 unspecified atom stereocenters. The quantitative estimate of drug-likeness (QED) is 0.781. The van der Waals surface area contributed by atoms with E-state index in [1.54, 1.807) is 35.3 Å². The van der Waals surface area contributed by atoms with Gasteiger partial charge in [-0.1, -0.05) is 18.4 Å². The standard InChI is InChI=1S/C20H19FN4O3S/c1-13-2-7-19(24-23-13)25-10-14-8-16(5-6-18(14)20(25)26)27-11-15-3-4-17(9-22-15)28-29-12-21/h2-9,23H,1,10-12,29H2/i12D2,29D2. The van der Waals surface area contributed by atoms with Gasteiger partial charge >= 0.3 is 0 Å². The van der Waals surface area contributed by atoms with E-state index in [0.29, 0.717) is 35.1 Å². The summed E-state index contributed by atoms with van der Waals surface area (Å²) in [6.07, 6.45) is 4.63. The van der Waals surface area contributed by atoms with Crippen molar-refractivity contribution < 1.29 is 20.8 Å². The van der Waals surface area contributed by atoms with Gasteiger partial charge in [0.15, 0.2) is 11.6 Å². The van der Waals surface area contributed by atoms with Crippen LogP contribution >= 0.6 is 11.9 Å². The third-order valence-electron chi connectivity index (χ3n) is 4.26. The molecule has 9 heteroatoms. The summed E-state index contributed by atoms with van der Waals surface area (Å²) >= 11 is -4.10. The first-order valence-corrected chi connectivity index (χ1v) is 9.30. The van der Waals surface area contributed by atoms with E-state index in [9.17, 15) is 9.18 Å². The van der Waals surface area contributed by atoms with E-state index in [4.69, 9.17) is 13.9 Å². The molecule has 1 aromatic heterocycles. The molecule has 2 aromatic rings. The highest BCUT2D eigenvalue weighted by atomic mass is 32.2. The number of carbonyl (C=O) groups excluding carboxylic acids is 1. The minimum Gasteiger partial charge on any atom is -0.487 e. The number of carbonyl (C=O) groups is 1. The fraction of sp³-hybridized carbons (Fsp3) is 0.150. The van der Waals surface area contributed by atoms with Crippen LogP contribution in [0, 0.1) is 0 Å². The predicted molar refractivity (Wildman–Crippen MR) is 111 cm³/mol. The third-order valence-corrected chi connectivity index (χ3v) is 4.60. The number of nitrogens with one attached hydrogen (secondary N) is 1. The van der Waals surface area contributed by atoms with Crippen LogP contribution in [0.5, 0.6) is 11.5 Å². The molecular weight excluding hydrogens is 395 g/mol. The lowest BCUT2D eigenvalue weighted by molar-refractivity contribution is 0.0866. The van der Waals surface area contributed by atoms with Gasteiger partial charge < -0.3 is 8.92 Å². The summed E-state index contributed by atoms with van der Waals surface area (Å²) in [5, 5.41) is 4.14. The topological polar surface area (TPSA) is 76.1 Å². The zero-order valence-electron chi connectivity index (χ0n) is 19.1. The number of allylic oxidation sites excluding steroid dienone is 1. The van der Waals surface area contributed by atoms with Gasteiger partial charge in [0.25, 0.3) is 5.91 Å². The first kappa shape index (κ1) is 14.6. The molecule has 1 N–H and O–H groups in total. The molecule has 0 spiro atoms. The van der Waals surface area contributed by atoms with Crippen LogP contribution in [0.2, 0.25) is 0 Å². The highest BCUT2D eigenvalue weighted by molar-refractivity contribution is 7.94. The number of fused-ring (bicyclic) bond motifs is 1. The number of alkyl halides is 1. The van der Waals surface area contributed by atoms with E-state index in [0.717, 1.165) is 5.56 Å². The molecule has 150 valence electrons. The molecule has 0 fully saturated rings. The van der Waals surface area contributed by atoms with Crippen LogP contribution in [-0.2, 0) is 13.2 Å². The van der Waals surface area contributed by atoms with Crippen LogP contribution in [0.15, 0.2) is 66.1 Å². The first-order valence-electron chi connectivity index (χ1n) is 10.4. The van der Waals surface area contributed by atoms with Crippen molar-refractivity contribution in [2.75, 3.05) is 5.96 Å². The molecule has 29 heavy (non-hydrogen) atoms. The SMILES string of the molecule is [2H]C([2H])(F)S([2H])([2H])Oc1ccc(COc2ccc3c(c2)CN(C2=NNC(=C)C=C2)C3=O)nc1. The summed E-state index contributed by atoms with van der Waals surface area (Å²) in [6.45, 7) is 4.17. The van der Waals surface area contributed by atoms with Gasteiger partial charge in [-0.3, -0.25) is 20.1 Å². The fourth-order valence-electron chi connectivity index (χ4n) is 2.87. The molecule has 1 amide bonds. The van der Waals surface area contributed by atoms with Gasteiger partial charge in [0, 0.05) is 11.3 Å². The minimum absolute atomic E-state index is 0.0852. The Balaban J connectivity index is 1.38. The Labute approximate surface area is 176 Å². The largest absolute Gasteiger partial charge is 0.487 e. The Morgan fingerprint density at radius 1 is 1.34 bits per heavy atom. The van der Waals surface area contributed by atoms with Crippen molar-refractivity contribution in [3.05, 3.63) is 77.8 Å². The summed E-state index contributed by atoms with van der Waals surface area (Å²) in [4.78, 5) is 18.3. The number of hydrazone groups is 1. The summed E-state index contributed by atoms with van der Waals surface area (Å²) in [5.74, 6) is -2.82. The van der Waals surface area contributed by atoms with Crippen molar-refractivity contribution in [2.45, 2.75) is 13.2 Å². The Morgan fingerprint density at radius 3 is 2.93 bits per heavy atom. The number of hydrogen-bond acceptors (Lipinski definition) is 6. The fourth-order valence-corrected chi connectivity index (χ4v) is 3.09. The monoisotopic (exact) mass is 418 g/mol. The van der Waals surface area contributed by atoms with E-state index in [-0.39, 0.29) is 18.3 Å². The number of amides is 1. The van der Waals surface area contributed by atoms with Crippen LogP contribution in [0.4, 0.5) is 4.39 Å². The van der Waals surface area contributed by atoms with Crippen LogP contribution in [0.1, 0.15) is 24.4 Å². The molecule has 0 atom stereocenters. The lowest BCUT2D eigenvalue weighted by Gasteiger charge is -2.18. The van der Waals surface area contributed by atoms with Crippen molar-refractivity contribution in [1.29, 1.82) is 2.25 Å². The first-order chi connectivity index (χ1) is 15.5. The maximum atomic E-state index is 13.3. The number of hydrogen-bond donors (Lipinski definition) is 1. The zero-order valence-corrected chi connectivity index (χ0v) is 15.9. The second-order valence-electron chi connectivity index (χ2n) is 6.17. The number of benzene rings is 1. The lowest BCUT2D eigenvalue weighted by atomic mass is 10.1. The molecule has 0 saturated heterocycles. The Hall–Kier alpha value is -3.33. The van der Waals surface area contributed by atoms with Gasteiger partial charge in [0.05, 0.1) is 21.2 Å². The zero-order chi connectivity index (χ0) is 23.8. The molecule has 4 rings (SSSR count). The second-order valence-corrected chi connectivity index (χ2v) is 6.66. The maximum Gasteiger partial charge on any atom is 0.260 e. The Bertz CT molecular complexity index is 1170. The van der Waals surface area contributed by atoms with Crippen molar-refractivity contribution >= 4 is 23.6 Å². The van der Waals surface area contributed by atoms with Crippen molar-refractivity contribution in [2.24, 2.45) is 5.10 Å². The summed E-state index contributed by atoms with van der Waals surface area (Å²) in [6, 6.07) is 8.00. The molecule has 2 aliphatic rings. The molecule has 0 saturated carbocycles. The van der Waals surface area contributed by atoms with E-state index < -0.39 is 17.8 Å². The number of nitrogens with zero attached hydrogens (tertiary/aromatic N) is 3. The molecular formula is C20H19FN4O3S. The Kier molecular flexibility index (Phi) is 4.22. The molecule has 1 aromatic carbocycles. The molecule has 7 nitrogen and oxygen atoms in total. The summed E-state index contributed by atoms with van der Waals surface area (Å²) in [5.41, 5.74) is 5.23. The predicted octanol–water partition coefficient (Wildman–Crippen LogP) is 3.02. The number of rotatable bonds is 6. The molecule has 2 aliphatic heterocycles. The lowest BCUT2D eigenvalue weighted by Crippen LogP contribution is -2.32. The van der Waals surface area contributed by atoms with Crippen LogP contribution in [-0.4, -0.2) is 29.8 Å². The molecule has 3 heterocycles. The Morgan fingerprint density at radius 2 is 2.21 bits per heavy atom. The number of ether oxygens (including phenoxy) is 1. The van der Waals surface area contributed by atoms with E-state index in [2.05, 4.69) is 22.1 Å². The molecule has 0 bridgehead atoms. The third kappa shape index (κ3) is 4.24. The van der Waals surface area contributed by atoms with E-state index in [1.807, 2.05) is 0 Å². The van der Waals surface area contributed by atoms with Crippen LogP contribution in [0.25, 0.3) is 0 Å². The number of aromatic nitrogens is 1. The maximum absolute atomic E-state index is 13.3.